The highest BCUT2D eigenvalue weighted by Crippen LogP contribution is 2.38. The van der Waals surface area contributed by atoms with Crippen molar-refractivity contribution in [2.24, 2.45) is 0 Å². The van der Waals surface area contributed by atoms with Crippen molar-refractivity contribution in [1.29, 1.82) is 0 Å². The van der Waals surface area contributed by atoms with Crippen LogP contribution in [-0.4, -0.2) is 22.5 Å². The highest BCUT2D eigenvalue weighted by Gasteiger charge is 2.30. The molecule has 130 valence electrons. The number of benzene rings is 2. The number of ether oxygens (including phenoxy) is 2. The Kier molecular flexibility index (Phi) is 3.41. The van der Waals surface area contributed by atoms with E-state index in [1.807, 2.05) is 47.3 Å². The normalized spacial score (nSPS) is 17.7. The highest BCUT2D eigenvalue weighted by atomic mass is 16.7. The van der Waals surface area contributed by atoms with Crippen LogP contribution in [0.5, 0.6) is 11.5 Å². The van der Waals surface area contributed by atoms with Gasteiger partial charge in [-0.2, -0.15) is 5.10 Å². The van der Waals surface area contributed by atoms with Crippen molar-refractivity contribution in [3.63, 3.8) is 0 Å². The average molecular weight is 347 g/mol. The highest BCUT2D eigenvalue weighted by molar-refractivity contribution is 5.94. The molecule has 3 heterocycles. The molecule has 6 nitrogen and oxygen atoms in total. The minimum absolute atomic E-state index is 0.0128. The fraction of sp³-hybridized carbons (Fsp3) is 0.200. The molecular formula is C20H17N3O3. The van der Waals surface area contributed by atoms with Gasteiger partial charge >= 0.3 is 0 Å². The van der Waals surface area contributed by atoms with Gasteiger partial charge in [0.05, 0.1) is 12.7 Å². The van der Waals surface area contributed by atoms with Crippen molar-refractivity contribution in [3.8, 4) is 11.5 Å². The number of amides is 1. The average Bonchev–Trinajstić information content (AvgIpc) is 3.29. The van der Waals surface area contributed by atoms with Crippen molar-refractivity contribution in [2.75, 3.05) is 12.1 Å². The zero-order chi connectivity index (χ0) is 17.5. The van der Waals surface area contributed by atoms with Crippen LogP contribution in [0.25, 0.3) is 0 Å². The molecule has 0 aliphatic carbocycles. The van der Waals surface area contributed by atoms with E-state index < -0.39 is 0 Å². The summed E-state index contributed by atoms with van der Waals surface area (Å²) >= 11 is 0. The predicted octanol–water partition coefficient (Wildman–Crippen LogP) is 3.13. The maximum Gasteiger partial charge on any atom is 0.231 e. The Hall–Kier alpha value is -3.28. The third-order valence-electron chi connectivity index (χ3n) is 4.86. The number of carbonyl (C=O) groups excluding carboxylic acids is 1. The Labute approximate surface area is 150 Å². The van der Waals surface area contributed by atoms with Crippen LogP contribution in [0, 0.1) is 0 Å². The monoisotopic (exact) mass is 347 g/mol. The lowest BCUT2D eigenvalue weighted by molar-refractivity contribution is -0.116. The first-order chi connectivity index (χ1) is 12.8. The standard InChI is InChI=1S/C20H17N3O3/c24-19-9-15(14-4-2-1-3-5-14)16-10-21-23(20(16)22-19)11-13-6-7-17-18(8-13)26-12-25-17/h1-8,10,15H,9,11-12H2,(H,22,24)/t15-/m0/s1. The second kappa shape index (κ2) is 5.91. The second-order valence-electron chi connectivity index (χ2n) is 6.51. The third-order valence-corrected chi connectivity index (χ3v) is 4.86. The lowest BCUT2D eigenvalue weighted by Gasteiger charge is -2.23. The van der Waals surface area contributed by atoms with Crippen LogP contribution < -0.4 is 14.8 Å². The molecule has 0 radical (unpaired) electrons. The molecule has 2 aromatic carbocycles. The summed E-state index contributed by atoms with van der Waals surface area (Å²) < 4.78 is 12.6. The van der Waals surface area contributed by atoms with Crippen molar-refractivity contribution in [3.05, 3.63) is 71.4 Å². The van der Waals surface area contributed by atoms with Crippen LogP contribution >= 0.6 is 0 Å². The van der Waals surface area contributed by atoms with Gasteiger partial charge in [-0.25, -0.2) is 4.68 Å². The summed E-state index contributed by atoms with van der Waals surface area (Å²) in [5.41, 5.74) is 3.22. The first-order valence-corrected chi connectivity index (χ1v) is 8.57. The molecular weight excluding hydrogens is 330 g/mol. The Morgan fingerprint density at radius 3 is 2.85 bits per heavy atom. The van der Waals surface area contributed by atoms with E-state index in [9.17, 15) is 4.79 Å². The minimum Gasteiger partial charge on any atom is -0.454 e. The van der Waals surface area contributed by atoms with E-state index in [2.05, 4.69) is 22.5 Å². The molecule has 5 rings (SSSR count). The molecule has 2 aliphatic heterocycles. The van der Waals surface area contributed by atoms with Crippen molar-refractivity contribution in [2.45, 2.75) is 18.9 Å². The Balaban J connectivity index is 1.49. The van der Waals surface area contributed by atoms with E-state index in [1.165, 1.54) is 0 Å². The number of nitrogens with one attached hydrogen (secondary N) is 1. The van der Waals surface area contributed by atoms with E-state index in [-0.39, 0.29) is 18.6 Å². The van der Waals surface area contributed by atoms with Gasteiger partial charge in [0.2, 0.25) is 12.7 Å². The maximum atomic E-state index is 12.3. The van der Waals surface area contributed by atoms with Gasteiger partial charge in [-0.05, 0) is 23.3 Å². The van der Waals surface area contributed by atoms with Gasteiger partial charge in [0.1, 0.15) is 5.82 Å². The van der Waals surface area contributed by atoms with Crippen LogP contribution in [0.15, 0.2) is 54.7 Å². The van der Waals surface area contributed by atoms with Crippen molar-refractivity contribution in [1.82, 2.24) is 9.78 Å². The zero-order valence-electron chi connectivity index (χ0n) is 14.0. The van der Waals surface area contributed by atoms with E-state index >= 15 is 0 Å². The van der Waals surface area contributed by atoms with Crippen molar-refractivity contribution < 1.29 is 14.3 Å². The van der Waals surface area contributed by atoms with Gasteiger partial charge in [0.15, 0.2) is 11.5 Å². The fourth-order valence-electron chi connectivity index (χ4n) is 3.58. The van der Waals surface area contributed by atoms with Gasteiger partial charge in [-0.15, -0.1) is 0 Å². The predicted molar refractivity (Wildman–Crippen MR) is 95.4 cm³/mol. The lowest BCUT2D eigenvalue weighted by atomic mass is 9.87. The number of nitrogens with zero attached hydrogens (tertiary/aromatic N) is 2. The Bertz CT molecular complexity index is 981. The summed E-state index contributed by atoms with van der Waals surface area (Å²) in [5.74, 6) is 2.32. The minimum atomic E-state index is 0.0128. The molecule has 1 amide bonds. The second-order valence-corrected chi connectivity index (χ2v) is 6.51. The van der Waals surface area contributed by atoms with Gasteiger partial charge < -0.3 is 14.8 Å². The quantitative estimate of drug-likeness (QED) is 0.790. The van der Waals surface area contributed by atoms with E-state index in [1.54, 1.807) is 0 Å². The van der Waals surface area contributed by atoms with Gasteiger partial charge in [-0.3, -0.25) is 4.79 Å². The molecule has 0 unspecified atom stereocenters. The summed E-state index contributed by atoms with van der Waals surface area (Å²) in [6, 6.07) is 15.9. The molecule has 0 fully saturated rings. The molecule has 1 aromatic heterocycles. The number of carbonyl (C=O) groups is 1. The summed E-state index contributed by atoms with van der Waals surface area (Å²) in [5, 5.41) is 7.51. The lowest BCUT2D eigenvalue weighted by Crippen LogP contribution is -2.25. The third kappa shape index (κ3) is 2.50. The summed E-state index contributed by atoms with van der Waals surface area (Å²) in [6.45, 7) is 0.804. The van der Waals surface area contributed by atoms with Crippen LogP contribution in [0.2, 0.25) is 0 Å². The van der Waals surface area contributed by atoms with Crippen LogP contribution in [0.1, 0.15) is 29.0 Å². The number of rotatable bonds is 3. The molecule has 6 heteroatoms. The molecule has 0 bridgehead atoms. The summed E-state index contributed by atoms with van der Waals surface area (Å²) in [6.07, 6.45) is 2.30. The molecule has 0 saturated carbocycles. The fourth-order valence-corrected chi connectivity index (χ4v) is 3.58. The maximum absolute atomic E-state index is 12.3. The van der Waals surface area contributed by atoms with Crippen LogP contribution in [0.4, 0.5) is 5.82 Å². The van der Waals surface area contributed by atoms with E-state index in [0.29, 0.717) is 13.0 Å². The molecule has 26 heavy (non-hydrogen) atoms. The van der Waals surface area contributed by atoms with Crippen molar-refractivity contribution >= 4 is 11.7 Å². The summed E-state index contributed by atoms with van der Waals surface area (Å²) in [4.78, 5) is 12.3. The number of aromatic nitrogens is 2. The molecule has 1 N–H and O–H groups in total. The van der Waals surface area contributed by atoms with Crippen LogP contribution in [0.3, 0.4) is 0 Å². The van der Waals surface area contributed by atoms with E-state index in [0.717, 1.165) is 34.0 Å². The van der Waals surface area contributed by atoms with Gasteiger partial charge in [0, 0.05) is 17.9 Å². The van der Waals surface area contributed by atoms with Gasteiger partial charge in [0.25, 0.3) is 0 Å². The molecule has 3 aromatic rings. The number of hydrogen-bond donors (Lipinski definition) is 1. The number of anilines is 1. The number of fused-ring (bicyclic) bond motifs is 2. The number of hydrogen-bond acceptors (Lipinski definition) is 4. The van der Waals surface area contributed by atoms with Gasteiger partial charge in [-0.1, -0.05) is 36.4 Å². The smallest absolute Gasteiger partial charge is 0.231 e. The first kappa shape index (κ1) is 15.0. The Morgan fingerprint density at radius 1 is 1.12 bits per heavy atom. The largest absolute Gasteiger partial charge is 0.454 e. The SMILES string of the molecule is O=C1C[C@@H](c2ccccc2)c2cnn(Cc3ccc4c(c3)OCO4)c2N1. The summed E-state index contributed by atoms with van der Waals surface area (Å²) in [7, 11) is 0. The Morgan fingerprint density at radius 2 is 1.96 bits per heavy atom. The van der Waals surface area contributed by atoms with E-state index in [4.69, 9.17) is 9.47 Å². The molecule has 0 spiro atoms. The first-order valence-electron chi connectivity index (χ1n) is 8.57. The molecule has 1 atom stereocenters. The zero-order valence-corrected chi connectivity index (χ0v) is 14.0. The molecule has 2 aliphatic rings. The topological polar surface area (TPSA) is 65.4 Å². The van der Waals surface area contributed by atoms with Crippen LogP contribution in [-0.2, 0) is 11.3 Å². The molecule has 0 saturated heterocycles.